The third-order valence-corrected chi connectivity index (χ3v) is 2.89. The molecule has 1 heterocycles. The Kier molecular flexibility index (Phi) is 4.63. The maximum absolute atomic E-state index is 12.9. The van der Waals surface area contributed by atoms with E-state index in [0.717, 1.165) is 12.1 Å². The standard InChI is InChI=1S/C15H18FN3O/c1-10(2)8-17-9-12-7-14(18-19-15(12)20)11-3-5-13(16)6-4-11/h3-7,10,17H,8-9H2,1-2H3,(H,19,20). The number of rotatable bonds is 5. The Hall–Kier alpha value is -2.01. The Morgan fingerprint density at radius 3 is 2.65 bits per heavy atom. The number of aromatic amines is 1. The van der Waals surface area contributed by atoms with Crippen molar-refractivity contribution in [1.29, 1.82) is 0 Å². The van der Waals surface area contributed by atoms with Gasteiger partial charge < -0.3 is 5.32 Å². The van der Waals surface area contributed by atoms with E-state index in [0.29, 0.717) is 23.7 Å². The summed E-state index contributed by atoms with van der Waals surface area (Å²) in [6, 6.07) is 7.76. The van der Waals surface area contributed by atoms with Gasteiger partial charge in [0.2, 0.25) is 0 Å². The molecule has 2 N–H and O–H groups in total. The van der Waals surface area contributed by atoms with E-state index < -0.39 is 0 Å². The second-order valence-corrected chi connectivity index (χ2v) is 5.14. The minimum absolute atomic E-state index is 0.202. The molecule has 106 valence electrons. The van der Waals surface area contributed by atoms with E-state index in [4.69, 9.17) is 0 Å². The lowest BCUT2D eigenvalue weighted by Crippen LogP contribution is -2.24. The molecule has 0 saturated heterocycles. The van der Waals surface area contributed by atoms with Gasteiger partial charge in [-0.2, -0.15) is 5.10 Å². The first-order chi connectivity index (χ1) is 9.56. The first-order valence-electron chi connectivity index (χ1n) is 6.61. The van der Waals surface area contributed by atoms with Crippen LogP contribution in [0.3, 0.4) is 0 Å². The van der Waals surface area contributed by atoms with Crippen LogP contribution in [-0.2, 0) is 6.54 Å². The van der Waals surface area contributed by atoms with Crippen LogP contribution >= 0.6 is 0 Å². The van der Waals surface area contributed by atoms with Crippen molar-refractivity contribution < 1.29 is 4.39 Å². The average Bonchev–Trinajstić information content (AvgIpc) is 2.41. The number of H-pyrrole nitrogens is 1. The molecule has 0 amide bonds. The lowest BCUT2D eigenvalue weighted by Gasteiger charge is -2.08. The van der Waals surface area contributed by atoms with E-state index in [1.54, 1.807) is 18.2 Å². The van der Waals surface area contributed by atoms with Crippen LogP contribution in [0.5, 0.6) is 0 Å². The van der Waals surface area contributed by atoms with Gasteiger partial charge in [-0.1, -0.05) is 13.8 Å². The molecule has 0 radical (unpaired) electrons. The molecule has 0 aliphatic heterocycles. The number of hydrogen-bond acceptors (Lipinski definition) is 3. The predicted molar refractivity (Wildman–Crippen MR) is 76.8 cm³/mol. The van der Waals surface area contributed by atoms with Gasteiger partial charge in [0.05, 0.1) is 5.69 Å². The molecular formula is C15H18FN3O. The highest BCUT2D eigenvalue weighted by molar-refractivity contribution is 5.58. The fraction of sp³-hybridized carbons (Fsp3) is 0.333. The number of hydrogen-bond donors (Lipinski definition) is 2. The first-order valence-corrected chi connectivity index (χ1v) is 6.61. The Balaban J connectivity index is 2.19. The lowest BCUT2D eigenvalue weighted by molar-refractivity contribution is 0.550. The van der Waals surface area contributed by atoms with Crippen molar-refractivity contribution in [3.63, 3.8) is 0 Å². The summed E-state index contributed by atoms with van der Waals surface area (Å²) in [6.07, 6.45) is 0. The van der Waals surface area contributed by atoms with E-state index in [-0.39, 0.29) is 11.4 Å². The quantitative estimate of drug-likeness (QED) is 0.880. The normalized spacial score (nSPS) is 11.0. The molecule has 0 spiro atoms. The zero-order valence-corrected chi connectivity index (χ0v) is 11.6. The zero-order valence-electron chi connectivity index (χ0n) is 11.6. The summed E-state index contributed by atoms with van der Waals surface area (Å²) in [5.41, 5.74) is 1.82. The molecule has 0 aliphatic rings. The fourth-order valence-corrected chi connectivity index (χ4v) is 1.84. The largest absolute Gasteiger partial charge is 0.312 e. The Labute approximate surface area is 117 Å². The summed E-state index contributed by atoms with van der Waals surface area (Å²) in [7, 11) is 0. The Morgan fingerprint density at radius 2 is 2.00 bits per heavy atom. The number of halogens is 1. The zero-order chi connectivity index (χ0) is 14.5. The molecule has 0 unspecified atom stereocenters. The smallest absolute Gasteiger partial charge is 0.268 e. The summed E-state index contributed by atoms with van der Waals surface area (Å²) in [4.78, 5) is 11.7. The Morgan fingerprint density at radius 1 is 1.30 bits per heavy atom. The molecule has 1 aromatic carbocycles. The summed E-state index contributed by atoms with van der Waals surface area (Å²) in [6.45, 7) is 5.54. The van der Waals surface area contributed by atoms with E-state index in [1.165, 1.54) is 12.1 Å². The van der Waals surface area contributed by atoms with Crippen molar-refractivity contribution in [3.05, 3.63) is 52.1 Å². The topological polar surface area (TPSA) is 57.8 Å². The second-order valence-electron chi connectivity index (χ2n) is 5.14. The van der Waals surface area contributed by atoms with Crippen LogP contribution in [0.15, 0.2) is 35.1 Å². The van der Waals surface area contributed by atoms with Gasteiger partial charge >= 0.3 is 0 Å². The van der Waals surface area contributed by atoms with Crippen molar-refractivity contribution in [2.45, 2.75) is 20.4 Å². The molecule has 1 aromatic heterocycles. The van der Waals surface area contributed by atoms with E-state index in [2.05, 4.69) is 29.4 Å². The van der Waals surface area contributed by atoms with Crippen LogP contribution in [-0.4, -0.2) is 16.7 Å². The predicted octanol–water partition coefficient (Wildman–Crippen LogP) is 2.32. The number of benzene rings is 1. The summed E-state index contributed by atoms with van der Waals surface area (Å²) in [5, 5.41) is 9.70. The van der Waals surface area contributed by atoms with Gasteiger partial charge in [-0.05, 0) is 42.8 Å². The SMILES string of the molecule is CC(C)CNCc1cc(-c2ccc(F)cc2)n[nH]c1=O. The van der Waals surface area contributed by atoms with Crippen molar-refractivity contribution in [1.82, 2.24) is 15.5 Å². The van der Waals surface area contributed by atoms with E-state index in [1.807, 2.05) is 0 Å². The lowest BCUT2D eigenvalue weighted by atomic mass is 10.1. The number of aromatic nitrogens is 2. The maximum atomic E-state index is 12.9. The van der Waals surface area contributed by atoms with Gasteiger partial charge in [-0.25, -0.2) is 9.49 Å². The van der Waals surface area contributed by atoms with Crippen molar-refractivity contribution >= 4 is 0 Å². The highest BCUT2D eigenvalue weighted by Gasteiger charge is 2.06. The molecule has 4 nitrogen and oxygen atoms in total. The molecule has 0 bridgehead atoms. The van der Waals surface area contributed by atoms with Crippen molar-refractivity contribution in [2.24, 2.45) is 5.92 Å². The van der Waals surface area contributed by atoms with Crippen LogP contribution < -0.4 is 10.9 Å². The van der Waals surface area contributed by atoms with Crippen LogP contribution in [0, 0.1) is 11.7 Å². The van der Waals surface area contributed by atoms with Gasteiger partial charge in [0.25, 0.3) is 5.56 Å². The second kappa shape index (κ2) is 6.43. The minimum Gasteiger partial charge on any atom is -0.312 e. The van der Waals surface area contributed by atoms with E-state index in [9.17, 15) is 9.18 Å². The monoisotopic (exact) mass is 275 g/mol. The molecule has 2 aromatic rings. The third-order valence-electron chi connectivity index (χ3n) is 2.89. The van der Waals surface area contributed by atoms with Crippen LogP contribution in [0.4, 0.5) is 4.39 Å². The highest BCUT2D eigenvalue weighted by atomic mass is 19.1. The van der Waals surface area contributed by atoms with Gasteiger partial charge in [0.1, 0.15) is 5.82 Å². The fourth-order valence-electron chi connectivity index (χ4n) is 1.84. The maximum Gasteiger partial charge on any atom is 0.268 e. The molecule has 0 saturated carbocycles. The molecule has 20 heavy (non-hydrogen) atoms. The van der Waals surface area contributed by atoms with E-state index >= 15 is 0 Å². The number of nitrogens with zero attached hydrogens (tertiary/aromatic N) is 1. The van der Waals surface area contributed by atoms with Gasteiger partial charge in [-0.3, -0.25) is 4.79 Å². The summed E-state index contributed by atoms with van der Waals surface area (Å²) >= 11 is 0. The Bertz CT molecular complexity index is 620. The molecule has 5 heteroatoms. The highest BCUT2D eigenvalue weighted by Crippen LogP contribution is 2.16. The van der Waals surface area contributed by atoms with Gasteiger partial charge in [0.15, 0.2) is 0 Å². The van der Waals surface area contributed by atoms with Crippen LogP contribution in [0.1, 0.15) is 19.4 Å². The van der Waals surface area contributed by atoms with Crippen LogP contribution in [0.25, 0.3) is 11.3 Å². The van der Waals surface area contributed by atoms with Crippen molar-refractivity contribution in [3.8, 4) is 11.3 Å². The molecule has 2 rings (SSSR count). The summed E-state index contributed by atoms with van der Waals surface area (Å²) in [5.74, 6) is 0.226. The molecule has 0 atom stereocenters. The number of nitrogens with one attached hydrogen (secondary N) is 2. The molecule has 0 fully saturated rings. The first kappa shape index (κ1) is 14.4. The van der Waals surface area contributed by atoms with Crippen molar-refractivity contribution in [2.75, 3.05) is 6.54 Å². The van der Waals surface area contributed by atoms with Gasteiger partial charge in [-0.15, -0.1) is 0 Å². The minimum atomic E-state index is -0.294. The van der Waals surface area contributed by atoms with Crippen LogP contribution in [0.2, 0.25) is 0 Å². The molecular weight excluding hydrogens is 257 g/mol. The third kappa shape index (κ3) is 3.74. The summed E-state index contributed by atoms with van der Waals surface area (Å²) < 4.78 is 12.9. The average molecular weight is 275 g/mol. The molecule has 0 aliphatic carbocycles. The van der Waals surface area contributed by atoms with Gasteiger partial charge in [0, 0.05) is 17.7 Å².